The van der Waals surface area contributed by atoms with E-state index in [1.54, 1.807) is 18.3 Å². The Morgan fingerprint density at radius 1 is 1.44 bits per heavy atom. The van der Waals surface area contributed by atoms with E-state index in [4.69, 9.17) is 5.11 Å². The molecule has 0 saturated carbocycles. The first-order chi connectivity index (χ1) is 7.63. The summed E-state index contributed by atoms with van der Waals surface area (Å²) in [4.78, 5) is 10.7. The maximum atomic E-state index is 10.7. The molecule has 0 spiro atoms. The fourth-order valence-corrected chi connectivity index (χ4v) is 1.98. The number of phenols is 1. The zero-order chi connectivity index (χ0) is 11.7. The topological polar surface area (TPSA) is 62.5 Å². The predicted octanol–water partition coefficient (Wildman–Crippen LogP) is 1.99. The predicted molar refractivity (Wildman–Crippen MR) is 60.6 cm³/mol. The maximum absolute atomic E-state index is 10.7. The fraction of sp³-hybridized carbons (Fsp3) is 0.250. The van der Waals surface area contributed by atoms with Crippen LogP contribution in [0.3, 0.4) is 0 Å². The third kappa shape index (κ3) is 1.62. The van der Waals surface area contributed by atoms with Crippen LogP contribution < -0.4 is 0 Å². The van der Waals surface area contributed by atoms with Crippen molar-refractivity contribution in [1.29, 1.82) is 0 Å². The highest BCUT2D eigenvalue weighted by Gasteiger charge is 2.13. The lowest BCUT2D eigenvalue weighted by molar-refractivity contribution is -0.136. The van der Waals surface area contributed by atoms with Gasteiger partial charge >= 0.3 is 5.97 Å². The number of aliphatic carboxylic acids is 1. The summed E-state index contributed by atoms with van der Waals surface area (Å²) in [6.45, 7) is 2.73. The Morgan fingerprint density at radius 2 is 2.19 bits per heavy atom. The molecule has 2 N–H and O–H groups in total. The largest absolute Gasteiger partial charge is 0.507 e. The maximum Gasteiger partial charge on any atom is 0.307 e. The Labute approximate surface area is 92.7 Å². The Morgan fingerprint density at radius 3 is 2.81 bits per heavy atom. The van der Waals surface area contributed by atoms with Crippen LogP contribution in [0.15, 0.2) is 24.4 Å². The van der Waals surface area contributed by atoms with Crippen LogP contribution in [-0.4, -0.2) is 20.7 Å². The number of rotatable bonds is 3. The van der Waals surface area contributed by atoms with Gasteiger partial charge in [-0.3, -0.25) is 4.79 Å². The second-order valence-corrected chi connectivity index (χ2v) is 3.68. The molecule has 2 aromatic rings. The van der Waals surface area contributed by atoms with Crippen LogP contribution in [0.25, 0.3) is 10.9 Å². The van der Waals surface area contributed by atoms with Crippen molar-refractivity contribution in [3.63, 3.8) is 0 Å². The van der Waals surface area contributed by atoms with Crippen molar-refractivity contribution in [1.82, 2.24) is 4.57 Å². The van der Waals surface area contributed by atoms with Gasteiger partial charge in [-0.1, -0.05) is 6.07 Å². The molecule has 0 unspecified atom stereocenters. The highest BCUT2D eigenvalue weighted by atomic mass is 16.4. The Bertz CT molecular complexity index is 542. The Kier molecular flexibility index (Phi) is 2.56. The molecule has 0 aliphatic rings. The molecule has 2 rings (SSSR count). The van der Waals surface area contributed by atoms with Crippen LogP contribution >= 0.6 is 0 Å². The fourth-order valence-electron chi connectivity index (χ4n) is 1.98. The van der Waals surface area contributed by atoms with Crippen molar-refractivity contribution < 1.29 is 15.0 Å². The molecule has 0 aliphatic heterocycles. The molecule has 4 heteroatoms. The Balaban J connectivity index is 2.69. The van der Waals surface area contributed by atoms with Crippen molar-refractivity contribution in [2.24, 2.45) is 0 Å². The molecule has 0 atom stereocenters. The summed E-state index contributed by atoms with van der Waals surface area (Å²) in [5.41, 5.74) is 1.53. The first-order valence-electron chi connectivity index (χ1n) is 5.15. The number of hydrogen-bond acceptors (Lipinski definition) is 2. The molecule has 0 radical (unpaired) electrons. The van der Waals surface area contributed by atoms with Crippen molar-refractivity contribution in [3.8, 4) is 5.75 Å². The average molecular weight is 219 g/mol. The highest BCUT2D eigenvalue weighted by Crippen LogP contribution is 2.30. The van der Waals surface area contributed by atoms with E-state index in [1.165, 1.54) is 0 Å². The van der Waals surface area contributed by atoms with Gasteiger partial charge in [0.25, 0.3) is 0 Å². The number of carboxylic acid groups (broad SMARTS) is 1. The van der Waals surface area contributed by atoms with E-state index in [0.29, 0.717) is 10.9 Å². The molecule has 16 heavy (non-hydrogen) atoms. The van der Waals surface area contributed by atoms with Gasteiger partial charge in [0.15, 0.2) is 0 Å². The van der Waals surface area contributed by atoms with E-state index >= 15 is 0 Å². The summed E-state index contributed by atoms with van der Waals surface area (Å²) < 4.78 is 1.94. The van der Waals surface area contributed by atoms with Gasteiger partial charge in [-0.2, -0.15) is 0 Å². The molecule has 1 heterocycles. The van der Waals surface area contributed by atoms with E-state index < -0.39 is 5.97 Å². The molecule has 0 bridgehead atoms. The standard InChI is InChI=1S/C12H13NO3/c1-2-13-7-8(6-11(15)16)12-9(13)4-3-5-10(12)14/h3-5,7,14H,2,6H2,1H3,(H,15,16). The van der Waals surface area contributed by atoms with Crippen LogP contribution in [0.5, 0.6) is 5.75 Å². The third-order valence-corrected chi connectivity index (χ3v) is 2.65. The van der Waals surface area contributed by atoms with E-state index in [1.807, 2.05) is 17.6 Å². The number of hydrogen-bond donors (Lipinski definition) is 2. The van der Waals surface area contributed by atoms with Gasteiger partial charge in [0.05, 0.1) is 11.9 Å². The van der Waals surface area contributed by atoms with Crippen LogP contribution in [0.1, 0.15) is 12.5 Å². The van der Waals surface area contributed by atoms with Crippen LogP contribution in [0.2, 0.25) is 0 Å². The van der Waals surface area contributed by atoms with E-state index in [-0.39, 0.29) is 12.2 Å². The molecule has 84 valence electrons. The zero-order valence-electron chi connectivity index (χ0n) is 8.97. The highest BCUT2D eigenvalue weighted by molar-refractivity contribution is 5.92. The molecule has 0 fully saturated rings. The minimum Gasteiger partial charge on any atom is -0.507 e. The number of fused-ring (bicyclic) bond motifs is 1. The summed E-state index contributed by atoms with van der Waals surface area (Å²) >= 11 is 0. The lowest BCUT2D eigenvalue weighted by Crippen LogP contribution is -1.99. The average Bonchev–Trinajstić information content (AvgIpc) is 2.57. The van der Waals surface area contributed by atoms with Crippen molar-refractivity contribution in [3.05, 3.63) is 30.0 Å². The molecule has 0 amide bonds. The van der Waals surface area contributed by atoms with Crippen LogP contribution in [0.4, 0.5) is 0 Å². The van der Waals surface area contributed by atoms with Gasteiger partial charge in [0.1, 0.15) is 5.75 Å². The third-order valence-electron chi connectivity index (χ3n) is 2.65. The van der Waals surface area contributed by atoms with E-state index in [2.05, 4.69) is 0 Å². The smallest absolute Gasteiger partial charge is 0.307 e. The monoisotopic (exact) mass is 219 g/mol. The summed E-state index contributed by atoms with van der Waals surface area (Å²) in [6.07, 6.45) is 1.72. The van der Waals surface area contributed by atoms with Crippen molar-refractivity contribution in [2.45, 2.75) is 19.9 Å². The minimum absolute atomic E-state index is 0.0684. The molecule has 4 nitrogen and oxygen atoms in total. The lowest BCUT2D eigenvalue weighted by atomic mass is 10.1. The van der Waals surface area contributed by atoms with Crippen molar-refractivity contribution >= 4 is 16.9 Å². The summed E-state index contributed by atoms with van der Waals surface area (Å²) in [7, 11) is 0. The summed E-state index contributed by atoms with van der Waals surface area (Å²) in [6, 6.07) is 5.21. The second kappa shape index (κ2) is 3.89. The number of nitrogens with zero attached hydrogens (tertiary/aromatic N) is 1. The minimum atomic E-state index is -0.890. The number of aromatic nitrogens is 1. The van der Waals surface area contributed by atoms with Gasteiger partial charge in [0.2, 0.25) is 0 Å². The molecular formula is C12H13NO3. The quantitative estimate of drug-likeness (QED) is 0.829. The first-order valence-corrected chi connectivity index (χ1v) is 5.15. The number of carboxylic acids is 1. The van der Waals surface area contributed by atoms with Crippen LogP contribution in [0, 0.1) is 0 Å². The zero-order valence-corrected chi connectivity index (χ0v) is 8.97. The van der Waals surface area contributed by atoms with Gasteiger partial charge in [-0.25, -0.2) is 0 Å². The summed E-state index contributed by atoms with van der Waals surface area (Å²) in [5, 5.41) is 19.2. The normalized spacial score (nSPS) is 10.8. The number of phenolic OH excluding ortho intramolecular Hbond substituents is 1. The SMILES string of the molecule is CCn1cc(CC(=O)O)c2c(O)cccc21. The number of aromatic hydroxyl groups is 1. The summed E-state index contributed by atoms with van der Waals surface area (Å²) in [5.74, 6) is -0.751. The first kappa shape index (κ1) is 10.5. The van der Waals surface area contributed by atoms with E-state index in [0.717, 1.165) is 12.1 Å². The molecule has 1 aromatic carbocycles. The van der Waals surface area contributed by atoms with E-state index in [9.17, 15) is 9.90 Å². The van der Waals surface area contributed by atoms with Gasteiger partial charge in [-0.05, 0) is 24.6 Å². The number of aryl methyl sites for hydroxylation is 1. The Hall–Kier alpha value is -1.97. The second-order valence-electron chi connectivity index (χ2n) is 3.68. The number of benzene rings is 1. The molecule has 1 aromatic heterocycles. The lowest BCUT2D eigenvalue weighted by Gasteiger charge is -2.00. The molecule has 0 saturated heterocycles. The molecule has 0 aliphatic carbocycles. The number of carbonyl (C=O) groups is 1. The van der Waals surface area contributed by atoms with Crippen LogP contribution in [-0.2, 0) is 17.8 Å². The molecular weight excluding hydrogens is 206 g/mol. The van der Waals surface area contributed by atoms with Gasteiger partial charge in [-0.15, -0.1) is 0 Å². The van der Waals surface area contributed by atoms with Gasteiger partial charge in [0, 0.05) is 18.1 Å². The van der Waals surface area contributed by atoms with Crippen molar-refractivity contribution in [2.75, 3.05) is 0 Å². The van der Waals surface area contributed by atoms with Gasteiger partial charge < -0.3 is 14.8 Å².